The van der Waals surface area contributed by atoms with Gasteiger partial charge in [-0.3, -0.25) is 0 Å². The lowest BCUT2D eigenvalue weighted by Gasteiger charge is -2.39. The van der Waals surface area contributed by atoms with E-state index in [2.05, 4.69) is 26.3 Å². The van der Waals surface area contributed by atoms with E-state index in [4.69, 9.17) is 0 Å². The highest BCUT2D eigenvalue weighted by molar-refractivity contribution is 5.86. The summed E-state index contributed by atoms with van der Waals surface area (Å²) in [7, 11) is 0. The Labute approximate surface area is 125 Å². The van der Waals surface area contributed by atoms with E-state index in [-0.39, 0.29) is 0 Å². The van der Waals surface area contributed by atoms with Crippen LogP contribution < -0.4 is 5.32 Å². The minimum absolute atomic E-state index is 0.813. The molecule has 21 heavy (non-hydrogen) atoms. The number of aromatic nitrogens is 3. The zero-order valence-electron chi connectivity index (χ0n) is 12.5. The molecular formula is C17H24N4. The van der Waals surface area contributed by atoms with Gasteiger partial charge in [0.1, 0.15) is 17.8 Å². The maximum absolute atomic E-state index is 4.40. The fourth-order valence-corrected chi connectivity index (χ4v) is 4.41. The van der Waals surface area contributed by atoms with Gasteiger partial charge in [-0.2, -0.15) is 0 Å². The Kier molecular flexibility index (Phi) is 3.53. The standard InChI is InChI=1S/C17H24N4/c1-2-4-14-9-12(5-6-13(14)3-1)10-19-17-15-7-8-18-16(15)20-11-21-17/h7-8,11-14H,1-6,9-10H2,(H2,18,19,20,21). The van der Waals surface area contributed by atoms with Crippen molar-refractivity contribution in [2.45, 2.75) is 44.9 Å². The molecule has 2 aromatic heterocycles. The first-order valence-electron chi connectivity index (χ1n) is 8.42. The van der Waals surface area contributed by atoms with E-state index >= 15 is 0 Å². The molecule has 2 aromatic rings. The van der Waals surface area contributed by atoms with Crippen molar-refractivity contribution >= 4 is 16.9 Å². The molecule has 0 aliphatic heterocycles. The summed E-state index contributed by atoms with van der Waals surface area (Å²) in [6.45, 7) is 1.06. The zero-order chi connectivity index (χ0) is 14.1. The van der Waals surface area contributed by atoms with E-state index in [1.54, 1.807) is 6.33 Å². The average Bonchev–Trinajstić information content (AvgIpc) is 3.02. The maximum Gasteiger partial charge on any atom is 0.142 e. The number of H-pyrrole nitrogens is 1. The molecule has 0 bridgehead atoms. The lowest BCUT2D eigenvalue weighted by atomic mass is 9.67. The first-order valence-corrected chi connectivity index (χ1v) is 8.42. The number of hydrogen-bond donors (Lipinski definition) is 2. The van der Waals surface area contributed by atoms with Crippen molar-refractivity contribution in [3.63, 3.8) is 0 Å². The van der Waals surface area contributed by atoms with Gasteiger partial charge in [-0.15, -0.1) is 0 Å². The van der Waals surface area contributed by atoms with Crippen LogP contribution in [0.1, 0.15) is 44.9 Å². The molecule has 4 nitrogen and oxygen atoms in total. The first kappa shape index (κ1) is 13.1. The molecule has 2 fully saturated rings. The van der Waals surface area contributed by atoms with Crippen molar-refractivity contribution < 1.29 is 0 Å². The van der Waals surface area contributed by atoms with Crippen molar-refractivity contribution in [3.8, 4) is 0 Å². The second-order valence-electron chi connectivity index (χ2n) is 6.83. The van der Waals surface area contributed by atoms with Crippen molar-refractivity contribution in [1.29, 1.82) is 0 Å². The van der Waals surface area contributed by atoms with Gasteiger partial charge in [-0.05, 0) is 43.1 Å². The van der Waals surface area contributed by atoms with Crippen molar-refractivity contribution in [1.82, 2.24) is 15.0 Å². The smallest absolute Gasteiger partial charge is 0.142 e. The Morgan fingerprint density at radius 2 is 2.00 bits per heavy atom. The van der Waals surface area contributed by atoms with E-state index < -0.39 is 0 Å². The van der Waals surface area contributed by atoms with E-state index in [1.807, 2.05) is 6.20 Å². The van der Waals surface area contributed by atoms with Gasteiger partial charge in [-0.1, -0.05) is 25.7 Å². The third-order valence-corrected chi connectivity index (χ3v) is 5.56. The monoisotopic (exact) mass is 284 g/mol. The zero-order valence-corrected chi connectivity index (χ0v) is 12.5. The van der Waals surface area contributed by atoms with Crippen LogP contribution in [0.25, 0.3) is 11.0 Å². The molecular weight excluding hydrogens is 260 g/mol. The topological polar surface area (TPSA) is 53.6 Å². The number of aromatic amines is 1. The average molecular weight is 284 g/mol. The lowest BCUT2D eigenvalue weighted by Crippen LogP contribution is -2.30. The predicted octanol–water partition coefficient (Wildman–Crippen LogP) is 3.98. The molecule has 2 saturated carbocycles. The number of hydrogen-bond acceptors (Lipinski definition) is 3. The molecule has 3 unspecified atom stereocenters. The van der Waals surface area contributed by atoms with Gasteiger partial charge in [0.05, 0.1) is 5.39 Å². The highest BCUT2D eigenvalue weighted by Crippen LogP contribution is 2.42. The third kappa shape index (κ3) is 2.63. The van der Waals surface area contributed by atoms with E-state index in [0.717, 1.165) is 41.1 Å². The van der Waals surface area contributed by atoms with Crippen LogP contribution in [0.3, 0.4) is 0 Å². The summed E-state index contributed by atoms with van der Waals surface area (Å²) in [6, 6.07) is 2.05. The molecule has 0 amide bonds. The molecule has 2 N–H and O–H groups in total. The van der Waals surface area contributed by atoms with Crippen molar-refractivity contribution in [2.75, 3.05) is 11.9 Å². The van der Waals surface area contributed by atoms with E-state index in [9.17, 15) is 0 Å². The fourth-order valence-electron chi connectivity index (χ4n) is 4.41. The lowest BCUT2D eigenvalue weighted by molar-refractivity contribution is 0.134. The van der Waals surface area contributed by atoms with Crippen LogP contribution >= 0.6 is 0 Å². The van der Waals surface area contributed by atoms with E-state index in [1.165, 1.54) is 44.9 Å². The molecule has 4 rings (SSSR count). The van der Waals surface area contributed by atoms with Crippen LogP contribution in [0, 0.1) is 17.8 Å². The van der Waals surface area contributed by atoms with Gasteiger partial charge in [0.25, 0.3) is 0 Å². The van der Waals surface area contributed by atoms with Gasteiger partial charge in [0.15, 0.2) is 0 Å². The predicted molar refractivity (Wildman–Crippen MR) is 85.2 cm³/mol. The van der Waals surface area contributed by atoms with E-state index in [0.29, 0.717) is 0 Å². The summed E-state index contributed by atoms with van der Waals surface area (Å²) in [5.74, 6) is 3.82. The first-order chi connectivity index (χ1) is 10.4. The summed E-state index contributed by atoms with van der Waals surface area (Å²) in [5, 5.41) is 4.67. The van der Waals surface area contributed by atoms with Crippen LogP contribution in [0.2, 0.25) is 0 Å². The number of anilines is 1. The molecule has 0 radical (unpaired) electrons. The Hall–Kier alpha value is -1.58. The van der Waals surface area contributed by atoms with Crippen LogP contribution in [-0.2, 0) is 0 Å². The Balaban J connectivity index is 1.39. The van der Waals surface area contributed by atoms with Crippen molar-refractivity contribution in [3.05, 3.63) is 18.6 Å². The third-order valence-electron chi connectivity index (χ3n) is 5.56. The van der Waals surface area contributed by atoms with Gasteiger partial charge >= 0.3 is 0 Å². The highest BCUT2D eigenvalue weighted by Gasteiger charge is 2.31. The normalized spacial score (nSPS) is 29.2. The molecule has 2 aliphatic carbocycles. The summed E-state index contributed by atoms with van der Waals surface area (Å²) >= 11 is 0. The summed E-state index contributed by atoms with van der Waals surface area (Å²) in [5.41, 5.74) is 0.920. The molecule has 2 heterocycles. The second kappa shape index (κ2) is 5.66. The summed E-state index contributed by atoms with van der Waals surface area (Å²) in [4.78, 5) is 11.8. The Morgan fingerprint density at radius 3 is 2.95 bits per heavy atom. The largest absolute Gasteiger partial charge is 0.369 e. The van der Waals surface area contributed by atoms with Crippen molar-refractivity contribution in [2.24, 2.45) is 17.8 Å². The SMILES string of the molecule is c1nc(NCC2CCC3CCCCC3C2)c2cc[nH]c2n1. The van der Waals surface area contributed by atoms with Crippen LogP contribution in [-0.4, -0.2) is 21.5 Å². The molecule has 0 saturated heterocycles. The number of nitrogens with one attached hydrogen (secondary N) is 2. The quantitative estimate of drug-likeness (QED) is 0.896. The van der Waals surface area contributed by atoms with Crippen LogP contribution in [0.15, 0.2) is 18.6 Å². The molecule has 112 valence electrons. The molecule has 2 aliphatic rings. The minimum Gasteiger partial charge on any atom is -0.369 e. The summed E-state index contributed by atoms with van der Waals surface area (Å²) < 4.78 is 0. The number of nitrogens with zero attached hydrogens (tertiary/aromatic N) is 2. The molecule has 3 atom stereocenters. The maximum atomic E-state index is 4.40. The second-order valence-corrected chi connectivity index (χ2v) is 6.83. The fraction of sp³-hybridized carbons (Fsp3) is 0.647. The summed E-state index contributed by atoms with van der Waals surface area (Å²) in [6.07, 6.45) is 13.7. The minimum atomic E-state index is 0.813. The van der Waals surface area contributed by atoms with Crippen LogP contribution in [0.5, 0.6) is 0 Å². The van der Waals surface area contributed by atoms with Gasteiger partial charge < -0.3 is 10.3 Å². The number of fused-ring (bicyclic) bond motifs is 2. The number of rotatable bonds is 3. The molecule has 0 aromatic carbocycles. The van der Waals surface area contributed by atoms with Crippen LogP contribution in [0.4, 0.5) is 5.82 Å². The molecule has 4 heteroatoms. The Morgan fingerprint density at radius 1 is 1.10 bits per heavy atom. The molecule has 0 spiro atoms. The highest BCUT2D eigenvalue weighted by atomic mass is 15.0. The van der Waals surface area contributed by atoms with Gasteiger partial charge in [0.2, 0.25) is 0 Å². The Bertz CT molecular complexity index is 606. The van der Waals surface area contributed by atoms with Gasteiger partial charge in [-0.25, -0.2) is 9.97 Å². The van der Waals surface area contributed by atoms with Gasteiger partial charge in [0, 0.05) is 12.7 Å².